The summed E-state index contributed by atoms with van der Waals surface area (Å²) in [6.45, 7) is 8.80. The molecule has 0 N–H and O–H groups in total. The smallest absolute Gasteiger partial charge is 0.0543 e. The normalized spacial score (nSPS) is 14.7. The molecule has 1 aliphatic rings. The van der Waals surface area contributed by atoms with Crippen molar-refractivity contribution in [1.82, 2.24) is 4.57 Å². The highest BCUT2D eigenvalue weighted by molar-refractivity contribution is 6.18. The van der Waals surface area contributed by atoms with Gasteiger partial charge in [-0.3, -0.25) is 0 Å². The largest absolute Gasteiger partial charge is 0.313 e. The van der Waals surface area contributed by atoms with E-state index < -0.39 is 0 Å². The quantitative estimate of drug-likeness (QED) is 0.110. The zero-order valence-electron chi connectivity index (χ0n) is 35.1. The Morgan fingerprint density at radius 3 is 1.74 bits per heavy atom. The predicted octanol–water partition coefficient (Wildman–Crippen LogP) is 16.7. The molecule has 0 bridgehead atoms. The van der Waals surface area contributed by atoms with Gasteiger partial charge in [-0.2, -0.15) is 0 Å². The lowest BCUT2D eigenvalue weighted by Gasteiger charge is -2.35. The van der Waals surface area contributed by atoms with Crippen molar-refractivity contribution in [2.75, 3.05) is 4.90 Å². The van der Waals surface area contributed by atoms with Crippen LogP contribution in [0.25, 0.3) is 81.7 Å². The first-order valence-electron chi connectivity index (χ1n) is 21.7. The molecular weight excluding hydrogens is 749 g/mol. The van der Waals surface area contributed by atoms with E-state index in [9.17, 15) is 0 Å². The number of hydrogen-bond acceptors (Lipinski definition) is 1. The minimum Gasteiger partial charge on any atom is -0.313 e. The number of hydrogen-bond donors (Lipinski definition) is 0. The Balaban J connectivity index is 1.14. The number of benzene rings is 9. The summed E-state index contributed by atoms with van der Waals surface area (Å²) in [5.41, 5.74) is 12.1. The van der Waals surface area contributed by atoms with Gasteiger partial charge in [0.05, 0.1) is 16.7 Å². The molecule has 10 aromatic rings. The van der Waals surface area contributed by atoms with E-state index in [1.54, 1.807) is 0 Å². The fourth-order valence-electron chi connectivity index (χ4n) is 10.2. The maximum Gasteiger partial charge on any atom is 0.0543 e. The molecule has 296 valence electrons. The predicted molar refractivity (Wildman–Crippen MR) is 269 cm³/mol. The average molecular weight is 795 g/mol. The molecule has 0 amide bonds. The third kappa shape index (κ3) is 6.02. The molecular formula is C60H46N2. The van der Waals surface area contributed by atoms with Crippen molar-refractivity contribution in [3.8, 4) is 5.69 Å². The van der Waals surface area contributed by atoms with E-state index in [4.69, 9.17) is 0 Å². The van der Waals surface area contributed by atoms with Crippen LogP contribution in [0.1, 0.15) is 31.4 Å². The van der Waals surface area contributed by atoms with Gasteiger partial charge >= 0.3 is 0 Å². The fraction of sp³-hybridized carbons (Fsp3) is 0.0667. The first-order valence-corrected chi connectivity index (χ1v) is 21.7. The first-order chi connectivity index (χ1) is 30.6. The van der Waals surface area contributed by atoms with E-state index in [0.717, 1.165) is 23.4 Å². The van der Waals surface area contributed by atoms with Gasteiger partial charge in [0.1, 0.15) is 0 Å². The van der Waals surface area contributed by atoms with Gasteiger partial charge in [0, 0.05) is 39.1 Å². The Morgan fingerprint density at radius 2 is 1.11 bits per heavy atom. The highest BCUT2D eigenvalue weighted by Gasteiger charge is 2.28. The average Bonchev–Trinajstić information content (AvgIpc) is 3.67. The Bertz CT molecular complexity index is 3480. The molecule has 0 fully saturated rings. The van der Waals surface area contributed by atoms with Crippen molar-refractivity contribution >= 4 is 87.4 Å². The van der Waals surface area contributed by atoms with Crippen LogP contribution in [0.2, 0.25) is 0 Å². The van der Waals surface area contributed by atoms with Gasteiger partial charge in [0.15, 0.2) is 0 Å². The van der Waals surface area contributed by atoms with Crippen LogP contribution in [-0.2, 0) is 0 Å². The topological polar surface area (TPSA) is 8.17 Å². The minimum atomic E-state index is 0.182. The van der Waals surface area contributed by atoms with Crippen molar-refractivity contribution in [3.05, 3.63) is 236 Å². The molecule has 0 saturated carbocycles. The summed E-state index contributed by atoms with van der Waals surface area (Å²) < 4.78 is 2.40. The summed E-state index contributed by atoms with van der Waals surface area (Å²) in [5.74, 6) is 0.182. The summed E-state index contributed by atoms with van der Waals surface area (Å²) in [4.78, 5) is 2.53. The van der Waals surface area contributed by atoms with Crippen LogP contribution in [-0.4, -0.2) is 4.57 Å². The summed E-state index contributed by atoms with van der Waals surface area (Å²) in [6, 6.07) is 64.5. The third-order valence-electron chi connectivity index (χ3n) is 12.9. The standard InChI is InChI=1S/C60H46N2/c1-4-6-19-41(5-2)59-53-28-13-10-23-48(53)49-24-11-14-29-54(49)60(59)43-32-37-55(40(3)38-43)61(58-39-42-20-7-8-21-46(42)47-22-9-12-25-50(47)58)44-33-35-45(36-34-44)62-56-30-17-15-26-51(56)52-27-16-18-31-57(52)62/h4-37,39-40H,2,38H2,1,3H3/b6-4-,41-19+. The molecule has 0 spiro atoms. The lowest BCUT2D eigenvalue weighted by atomic mass is 9.80. The Hall–Kier alpha value is -7.68. The molecule has 11 rings (SSSR count). The molecule has 9 aromatic carbocycles. The van der Waals surface area contributed by atoms with Gasteiger partial charge < -0.3 is 9.47 Å². The van der Waals surface area contributed by atoms with Gasteiger partial charge in [-0.15, -0.1) is 0 Å². The van der Waals surface area contributed by atoms with Gasteiger partial charge in [0.25, 0.3) is 0 Å². The number of aromatic nitrogens is 1. The molecule has 1 atom stereocenters. The number of nitrogens with zero attached hydrogens (tertiary/aromatic N) is 2. The molecule has 1 unspecified atom stereocenters. The van der Waals surface area contributed by atoms with Crippen LogP contribution < -0.4 is 4.90 Å². The van der Waals surface area contributed by atoms with Crippen LogP contribution >= 0.6 is 0 Å². The van der Waals surface area contributed by atoms with Crippen molar-refractivity contribution < 1.29 is 0 Å². The minimum absolute atomic E-state index is 0.182. The molecule has 0 aliphatic heterocycles. The number of para-hydroxylation sites is 2. The second-order valence-electron chi connectivity index (χ2n) is 16.5. The van der Waals surface area contributed by atoms with Crippen LogP contribution in [0.15, 0.2) is 225 Å². The van der Waals surface area contributed by atoms with E-state index in [1.165, 1.54) is 93.0 Å². The third-order valence-corrected chi connectivity index (χ3v) is 12.9. The maximum atomic E-state index is 4.34. The summed E-state index contributed by atoms with van der Waals surface area (Å²) in [5, 5.41) is 12.5. The Morgan fingerprint density at radius 1 is 0.581 bits per heavy atom. The van der Waals surface area contributed by atoms with Crippen molar-refractivity contribution in [2.24, 2.45) is 5.92 Å². The second-order valence-corrected chi connectivity index (χ2v) is 16.5. The summed E-state index contributed by atoms with van der Waals surface area (Å²) in [6.07, 6.45) is 14.1. The SMILES string of the molecule is C=C/C(=C\C=C/C)c1c(C2=CC=C(N(c3ccc(-n4c5ccccc5c5ccccc54)cc3)c3cc4ccccc4c4ccccc34)C(C)C2)c2ccccc2c2ccccc12. The van der Waals surface area contributed by atoms with E-state index in [1.807, 2.05) is 6.08 Å². The van der Waals surface area contributed by atoms with E-state index in [2.05, 4.69) is 236 Å². The number of allylic oxidation sites excluding steroid dienone is 9. The van der Waals surface area contributed by atoms with Crippen molar-refractivity contribution in [3.63, 3.8) is 0 Å². The fourth-order valence-corrected chi connectivity index (χ4v) is 10.2. The number of fused-ring (bicyclic) bond motifs is 9. The maximum absolute atomic E-state index is 4.34. The molecule has 2 heteroatoms. The Labute approximate surface area is 363 Å². The highest BCUT2D eigenvalue weighted by Crippen LogP contribution is 2.47. The number of anilines is 2. The van der Waals surface area contributed by atoms with Gasteiger partial charge in [0.2, 0.25) is 0 Å². The lowest BCUT2D eigenvalue weighted by molar-refractivity contribution is 0.681. The van der Waals surface area contributed by atoms with Crippen LogP contribution in [0.4, 0.5) is 11.4 Å². The van der Waals surface area contributed by atoms with E-state index >= 15 is 0 Å². The Kier molecular flexibility index (Phi) is 9.28. The molecule has 1 heterocycles. The molecule has 0 radical (unpaired) electrons. The van der Waals surface area contributed by atoms with E-state index in [-0.39, 0.29) is 5.92 Å². The summed E-state index contributed by atoms with van der Waals surface area (Å²) in [7, 11) is 0. The highest BCUT2D eigenvalue weighted by atomic mass is 15.2. The van der Waals surface area contributed by atoms with Gasteiger partial charge in [-0.25, -0.2) is 0 Å². The van der Waals surface area contributed by atoms with E-state index in [0.29, 0.717) is 0 Å². The molecule has 1 aromatic heterocycles. The second kappa shape index (κ2) is 15.4. The monoisotopic (exact) mass is 794 g/mol. The molecule has 2 nitrogen and oxygen atoms in total. The van der Waals surface area contributed by atoms with Crippen molar-refractivity contribution in [1.29, 1.82) is 0 Å². The van der Waals surface area contributed by atoms with Crippen LogP contribution in [0, 0.1) is 5.92 Å². The molecule has 62 heavy (non-hydrogen) atoms. The van der Waals surface area contributed by atoms with Crippen LogP contribution in [0.5, 0.6) is 0 Å². The summed E-state index contributed by atoms with van der Waals surface area (Å²) >= 11 is 0. The zero-order chi connectivity index (χ0) is 41.7. The molecule has 1 aliphatic carbocycles. The van der Waals surface area contributed by atoms with Gasteiger partial charge in [-0.1, -0.05) is 177 Å². The molecule has 0 saturated heterocycles. The van der Waals surface area contributed by atoms with Gasteiger partial charge in [-0.05, 0) is 122 Å². The first kappa shape index (κ1) is 37.3. The zero-order valence-corrected chi connectivity index (χ0v) is 35.1. The van der Waals surface area contributed by atoms with Crippen molar-refractivity contribution in [2.45, 2.75) is 20.3 Å². The number of rotatable bonds is 8. The lowest BCUT2D eigenvalue weighted by Crippen LogP contribution is -2.23. The van der Waals surface area contributed by atoms with Crippen LogP contribution in [0.3, 0.4) is 0 Å².